The topological polar surface area (TPSA) is 45.2 Å². The van der Waals surface area contributed by atoms with Crippen LogP contribution in [0.3, 0.4) is 0 Å². The van der Waals surface area contributed by atoms with Crippen molar-refractivity contribution in [3.63, 3.8) is 0 Å². The number of carbonyl (C=O) groups excluding carboxylic acids is 1. The molecule has 1 aromatic rings. The molecule has 4 nitrogen and oxygen atoms in total. The van der Waals surface area contributed by atoms with Crippen LogP contribution in [0.25, 0.3) is 0 Å². The molecule has 0 aromatic carbocycles. The third-order valence-corrected chi connectivity index (χ3v) is 4.40. The summed E-state index contributed by atoms with van der Waals surface area (Å²) in [7, 11) is 3.98. The third-order valence-electron chi connectivity index (χ3n) is 4.40. The number of nitrogens with one attached hydrogen (secondary N) is 1. The van der Waals surface area contributed by atoms with Crippen LogP contribution in [0.2, 0.25) is 0 Å². The zero-order valence-electron chi connectivity index (χ0n) is 12.5. The van der Waals surface area contributed by atoms with E-state index in [9.17, 15) is 13.6 Å². The van der Waals surface area contributed by atoms with Gasteiger partial charge in [-0.25, -0.2) is 9.37 Å². The Morgan fingerprint density at radius 1 is 1.33 bits per heavy atom. The lowest BCUT2D eigenvalue weighted by Gasteiger charge is -2.43. The molecule has 6 heteroatoms. The van der Waals surface area contributed by atoms with Gasteiger partial charge in [0.2, 0.25) is 5.95 Å². The van der Waals surface area contributed by atoms with Gasteiger partial charge in [0.25, 0.3) is 5.91 Å². The Bertz CT molecular complexity index is 514. The van der Waals surface area contributed by atoms with Crippen LogP contribution in [-0.4, -0.2) is 42.0 Å². The first-order valence-electron chi connectivity index (χ1n) is 7.22. The van der Waals surface area contributed by atoms with Gasteiger partial charge in [0.05, 0.1) is 5.56 Å². The summed E-state index contributed by atoms with van der Waals surface area (Å²) < 4.78 is 26.6. The van der Waals surface area contributed by atoms with Gasteiger partial charge in [-0.05, 0) is 33.0 Å². The number of nitrogens with zero attached hydrogens (tertiary/aromatic N) is 2. The molecule has 1 amide bonds. The molecule has 0 unspecified atom stereocenters. The molecule has 0 aliphatic heterocycles. The highest BCUT2D eigenvalue weighted by Crippen LogP contribution is 2.31. The van der Waals surface area contributed by atoms with Gasteiger partial charge in [-0.15, -0.1) is 0 Å². The van der Waals surface area contributed by atoms with Crippen molar-refractivity contribution in [3.8, 4) is 0 Å². The van der Waals surface area contributed by atoms with E-state index < -0.39 is 17.7 Å². The van der Waals surface area contributed by atoms with Crippen molar-refractivity contribution in [2.75, 3.05) is 20.6 Å². The highest BCUT2D eigenvalue weighted by Gasteiger charge is 2.34. The molecule has 2 rings (SSSR count). The Morgan fingerprint density at radius 3 is 2.62 bits per heavy atom. The van der Waals surface area contributed by atoms with E-state index in [1.807, 2.05) is 14.1 Å². The van der Waals surface area contributed by atoms with Gasteiger partial charge in [-0.3, -0.25) is 4.79 Å². The standard InChI is InChI=1S/C15H21F2N3O/c1-20(2)15(7-4-3-5-8-15)10-19-14(21)11-6-9-18-13(17)12(11)16/h6,9H,3-5,7-8,10H2,1-2H3,(H,19,21). The van der Waals surface area contributed by atoms with Crippen molar-refractivity contribution < 1.29 is 13.6 Å². The number of rotatable bonds is 4. The SMILES string of the molecule is CN(C)C1(CNC(=O)c2ccnc(F)c2F)CCCCC1. The predicted octanol–water partition coefficient (Wildman–Crippen LogP) is 2.35. The van der Waals surface area contributed by atoms with Crippen LogP contribution in [0.5, 0.6) is 0 Å². The fraction of sp³-hybridized carbons (Fsp3) is 0.600. The van der Waals surface area contributed by atoms with Crippen molar-refractivity contribution in [3.05, 3.63) is 29.6 Å². The molecule has 0 spiro atoms. The lowest BCUT2D eigenvalue weighted by molar-refractivity contribution is 0.0796. The Labute approximate surface area is 123 Å². The number of hydrogen-bond donors (Lipinski definition) is 1. The van der Waals surface area contributed by atoms with Gasteiger partial charge >= 0.3 is 0 Å². The Kier molecular flexibility index (Phi) is 4.88. The van der Waals surface area contributed by atoms with Crippen LogP contribution in [0.15, 0.2) is 12.3 Å². The van der Waals surface area contributed by atoms with Gasteiger partial charge < -0.3 is 10.2 Å². The maximum Gasteiger partial charge on any atom is 0.254 e. The average Bonchev–Trinajstić information content (AvgIpc) is 2.48. The van der Waals surface area contributed by atoms with Gasteiger partial charge in [-0.2, -0.15) is 4.39 Å². The van der Waals surface area contributed by atoms with Crippen LogP contribution >= 0.6 is 0 Å². The molecule has 1 aliphatic rings. The first-order valence-corrected chi connectivity index (χ1v) is 7.22. The molecule has 0 atom stereocenters. The van der Waals surface area contributed by atoms with Crippen molar-refractivity contribution in [2.24, 2.45) is 0 Å². The van der Waals surface area contributed by atoms with E-state index in [1.165, 1.54) is 12.5 Å². The first kappa shape index (κ1) is 15.8. The molecule has 116 valence electrons. The summed E-state index contributed by atoms with van der Waals surface area (Å²) in [6.07, 6.45) is 6.52. The molecular weight excluding hydrogens is 276 g/mol. The smallest absolute Gasteiger partial charge is 0.254 e. The fourth-order valence-electron chi connectivity index (χ4n) is 2.93. The summed E-state index contributed by atoms with van der Waals surface area (Å²) in [5.74, 6) is -3.04. The maximum atomic E-state index is 13.6. The van der Waals surface area contributed by atoms with E-state index >= 15 is 0 Å². The minimum atomic E-state index is -1.25. The largest absolute Gasteiger partial charge is 0.350 e. The Balaban J connectivity index is 2.07. The van der Waals surface area contributed by atoms with Crippen molar-refractivity contribution in [2.45, 2.75) is 37.6 Å². The molecule has 0 saturated heterocycles. The van der Waals surface area contributed by atoms with Crippen LogP contribution in [-0.2, 0) is 0 Å². The molecule has 1 fully saturated rings. The second kappa shape index (κ2) is 6.47. The van der Waals surface area contributed by atoms with Crippen molar-refractivity contribution >= 4 is 5.91 Å². The molecule has 1 aliphatic carbocycles. The molecule has 1 saturated carbocycles. The Hall–Kier alpha value is -1.56. The normalized spacial score (nSPS) is 17.8. The average molecular weight is 297 g/mol. The first-order chi connectivity index (χ1) is 9.96. The monoisotopic (exact) mass is 297 g/mol. The van der Waals surface area contributed by atoms with E-state index in [2.05, 4.69) is 15.2 Å². The van der Waals surface area contributed by atoms with E-state index in [0.717, 1.165) is 31.9 Å². The Morgan fingerprint density at radius 2 is 2.00 bits per heavy atom. The highest BCUT2D eigenvalue weighted by atomic mass is 19.2. The van der Waals surface area contributed by atoms with Crippen molar-refractivity contribution in [1.29, 1.82) is 0 Å². The van der Waals surface area contributed by atoms with Crippen LogP contribution in [0.4, 0.5) is 8.78 Å². The zero-order valence-corrected chi connectivity index (χ0v) is 12.5. The van der Waals surface area contributed by atoms with Gasteiger partial charge in [0.1, 0.15) is 0 Å². The predicted molar refractivity (Wildman–Crippen MR) is 76.0 cm³/mol. The van der Waals surface area contributed by atoms with E-state index in [4.69, 9.17) is 0 Å². The molecule has 0 radical (unpaired) electrons. The van der Waals surface area contributed by atoms with E-state index in [1.54, 1.807) is 0 Å². The minimum Gasteiger partial charge on any atom is -0.350 e. The quantitative estimate of drug-likeness (QED) is 0.868. The summed E-state index contributed by atoms with van der Waals surface area (Å²) in [5, 5.41) is 2.74. The maximum absolute atomic E-state index is 13.6. The summed E-state index contributed by atoms with van der Waals surface area (Å²) in [6, 6.07) is 1.19. The summed E-state index contributed by atoms with van der Waals surface area (Å²) in [5.41, 5.74) is -0.400. The number of likely N-dealkylation sites (N-methyl/N-ethyl adjacent to an activating group) is 1. The number of pyridine rings is 1. The summed E-state index contributed by atoms with van der Waals surface area (Å²) in [4.78, 5) is 17.4. The number of aromatic nitrogens is 1. The van der Waals surface area contributed by atoms with Crippen LogP contribution in [0, 0.1) is 11.8 Å². The second-order valence-electron chi connectivity index (χ2n) is 5.83. The van der Waals surface area contributed by atoms with Gasteiger partial charge in [-0.1, -0.05) is 19.3 Å². The van der Waals surface area contributed by atoms with Gasteiger partial charge in [0, 0.05) is 18.3 Å². The number of halogens is 2. The molecule has 1 aromatic heterocycles. The van der Waals surface area contributed by atoms with E-state index in [-0.39, 0.29) is 11.1 Å². The van der Waals surface area contributed by atoms with E-state index in [0.29, 0.717) is 6.54 Å². The summed E-state index contributed by atoms with van der Waals surface area (Å²) in [6.45, 7) is 0.433. The molecule has 1 N–H and O–H groups in total. The lowest BCUT2D eigenvalue weighted by Crippen LogP contribution is -2.53. The highest BCUT2D eigenvalue weighted by molar-refractivity contribution is 5.94. The summed E-state index contributed by atoms with van der Waals surface area (Å²) >= 11 is 0. The molecule has 0 bridgehead atoms. The molecule has 1 heterocycles. The van der Waals surface area contributed by atoms with Crippen LogP contribution in [0.1, 0.15) is 42.5 Å². The molecule has 21 heavy (non-hydrogen) atoms. The van der Waals surface area contributed by atoms with Crippen LogP contribution < -0.4 is 5.32 Å². The zero-order chi connectivity index (χ0) is 15.5. The lowest BCUT2D eigenvalue weighted by atomic mass is 9.80. The fourth-order valence-corrected chi connectivity index (χ4v) is 2.93. The third kappa shape index (κ3) is 3.37. The number of carbonyl (C=O) groups is 1. The number of hydrogen-bond acceptors (Lipinski definition) is 3. The van der Waals surface area contributed by atoms with Gasteiger partial charge in [0.15, 0.2) is 5.82 Å². The minimum absolute atomic E-state index is 0.101. The second-order valence-corrected chi connectivity index (χ2v) is 5.83. The molecular formula is C15H21F2N3O. The van der Waals surface area contributed by atoms with Crippen molar-refractivity contribution in [1.82, 2.24) is 15.2 Å². The number of amides is 1.